The molecule has 0 saturated heterocycles. The first-order valence-electron chi connectivity index (χ1n) is 17.0. The van der Waals surface area contributed by atoms with Crippen molar-refractivity contribution in [3.63, 3.8) is 0 Å². The molecule has 298 valence electrons. The summed E-state index contributed by atoms with van der Waals surface area (Å²) in [5, 5.41) is 9.12. The van der Waals surface area contributed by atoms with Crippen LogP contribution in [0.25, 0.3) is 5.57 Å². The number of carbonyl (C=O) groups is 1. The molecule has 1 heterocycles. The Hall–Kier alpha value is -3.43. The normalized spacial score (nSPS) is 19.5. The quantitative estimate of drug-likeness (QED) is 0.0928. The van der Waals surface area contributed by atoms with Gasteiger partial charge in [0.15, 0.2) is 0 Å². The van der Waals surface area contributed by atoms with Gasteiger partial charge in [0.1, 0.15) is 0 Å². The van der Waals surface area contributed by atoms with E-state index in [1.54, 1.807) is 23.1 Å². The molecule has 0 aromatic heterocycles. The maximum absolute atomic E-state index is 12.2. The minimum absolute atomic E-state index is 0.00385. The molecule has 1 unspecified atom stereocenters. The van der Waals surface area contributed by atoms with Crippen molar-refractivity contribution in [1.82, 2.24) is 0 Å². The molecule has 0 amide bonds. The number of rotatable bonds is 18. The predicted molar refractivity (Wildman–Crippen MR) is 202 cm³/mol. The first kappa shape index (κ1) is 43.3. The Labute approximate surface area is 316 Å². The van der Waals surface area contributed by atoms with Gasteiger partial charge in [-0.15, -0.1) is 0 Å². The lowest BCUT2D eigenvalue weighted by atomic mass is 9.74. The summed E-state index contributed by atoms with van der Waals surface area (Å²) >= 11 is 0. The summed E-state index contributed by atoms with van der Waals surface area (Å²) in [7, 11) is -17.8. The number of fused-ring (bicyclic) bond motifs is 2. The van der Waals surface area contributed by atoms with E-state index in [0.717, 1.165) is 0 Å². The number of unbranched alkanes of at least 4 members (excludes halogenated alkanes) is 2. The second-order valence-electron chi connectivity index (χ2n) is 14.2. The van der Waals surface area contributed by atoms with Crippen LogP contribution >= 0.6 is 0 Å². The topological polar surface area (TPSA) is 258 Å². The molecule has 4 rings (SSSR count). The predicted octanol–water partition coefficient (Wildman–Crippen LogP) is 5.42. The van der Waals surface area contributed by atoms with Gasteiger partial charge in [0, 0.05) is 35.2 Å². The van der Waals surface area contributed by atoms with Crippen LogP contribution in [0.5, 0.6) is 0 Å². The number of hydrogen-bond acceptors (Lipinski definition) is 10. The van der Waals surface area contributed by atoms with Crippen molar-refractivity contribution in [3.05, 3.63) is 82.6 Å². The Morgan fingerprint density at radius 1 is 0.741 bits per heavy atom. The van der Waals surface area contributed by atoms with E-state index in [0.29, 0.717) is 64.9 Å². The average molecular weight is 832 g/mol. The monoisotopic (exact) mass is 831 g/mol. The molecule has 1 aliphatic heterocycles. The molecule has 0 fully saturated rings. The Morgan fingerprint density at radius 2 is 1.31 bits per heavy atom. The summed E-state index contributed by atoms with van der Waals surface area (Å²) in [5.41, 5.74) is 2.34. The Bertz CT molecular complexity index is 2340. The van der Waals surface area contributed by atoms with Crippen LogP contribution < -0.4 is 4.90 Å². The average Bonchev–Trinajstić information content (AvgIpc) is 3.38. The number of allylic oxidation sites excluding steroid dienone is 6. The molecule has 1 atom stereocenters. The van der Waals surface area contributed by atoms with Crippen LogP contribution in [0.1, 0.15) is 88.8 Å². The molecule has 19 heteroatoms. The van der Waals surface area contributed by atoms with Gasteiger partial charge in [-0.2, -0.15) is 33.7 Å². The lowest BCUT2D eigenvalue weighted by Crippen LogP contribution is -2.28. The van der Waals surface area contributed by atoms with Gasteiger partial charge in [0.2, 0.25) is 0 Å². The van der Waals surface area contributed by atoms with Gasteiger partial charge in [-0.1, -0.05) is 51.8 Å². The highest BCUT2D eigenvalue weighted by atomic mass is 32.2. The fourth-order valence-electron chi connectivity index (χ4n) is 7.41. The van der Waals surface area contributed by atoms with E-state index in [-0.39, 0.29) is 42.0 Å². The van der Waals surface area contributed by atoms with Crippen LogP contribution in [-0.4, -0.2) is 81.0 Å². The van der Waals surface area contributed by atoms with E-state index in [1.165, 1.54) is 36.4 Å². The first-order valence-corrected chi connectivity index (χ1v) is 23.1. The standard InChI is InChI=1S/C35H45NO14S4/c1-34(2)30-23-25(54(48,49)50)15-17-31(30)36(19-9-21-52(42,43)44)32(34)12-7-11-28-26(10-8-20-51(39,40)41)27-16-14-24(53(45,46)47)22-29(27)35(28,3)18-6-4-5-13-33(37)38/h7,11-12,14-17,22-23H,4-6,8-10,13,18-21H2,1-3H3,(H,37,38)(H,39,40,41)(H,42,43,44)(H,45,46,47)(H,48,49,50)/b11-7+,32-12-. The van der Waals surface area contributed by atoms with E-state index in [2.05, 4.69) is 0 Å². The zero-order chi connectivity index (χ0) is 40.5. The zero-order valence-corrected chi connectivity index (χ0v) is 33.2. The maximum Gasteiger partial charge on any atom is 0.303 e. The Morgan fingerprint density at radius 3 is 1.89 bits per heavy atom. The summed E-state index contributed by atoms with van der Waals surface area (Å²) in [5.74, 6) is -2.03. The lowest BCUT2D eigenvalue weighted by Gasteiger charge is -2.29. The second-order valence-corrected chi connectivity index (χ2v) is 20.2. The number of benzene rings is 2. The highest BCUT2D eigenvalue weighted by Crippen LogP contribution is 2.52. The van der Waals surface area contributed by atoms with Gasteiger partial charge in [-0.25, -0.2) is 0 Å². The molecular weight excluding hydrogens is 787 g/mol. The third-order valence-electron chi connectivity index (χ3n) is 9.99. The lowest BCUT2D eigenvalue weighted by molar-refractivity contribution is -0.137. The molecule has 0 saturated carbocycles. The molecule has 0 bridgehead atoms. The third-order valence-corrected chi connectivity index (χ3v) is 13.3. The second kappa shape index (κ2) is 16.0. The summed E-state index contributed by atoms with van der Waals surface area (Å²) in [6, 6.07) is 8.19. The fourth-order valence-corrected chi connectivity index (χ4v) is 9.43. The number of carboxylic acids is 1. The Balaban J connectivity index is 1.87. The van der Waals surface area contributed by atoms with Crippen LogP contribution in [0.2, 0.25) is 0 Å². The summed E-state index contributed by atoms with van der Waals surface area (Å²) < 4.78 is 133. The minimum atomic E-state index is -4.62. The van der Waals surface area contributed by atoms with E-state index in [4.69, 9.17) is 5.11 Å². The molecule has 54 heavy (non-hydrogen) atoms. The number of hydrogen-bond donors (Lipinski definition) is 5. The van der Waals surface area contributed by atoms with Gasteiger partial charge >= 0.3 is 5.97 Å². The van der Waals surface area contributed by atoms with Gasteiger partial charge in [-0.05, 0) is 96.3 Å². The number of nitrogens with zero attached hydrogens (tertiary/aromatic N) is 1. The highest BCUT2D eigenvalue weighted by molar-refractivity contribution is 7.86. The number of aliphatic carboxylic acids is 1. The van der Waals surface area contributed by atoms with Crippen LogP contribution in [-0.2, 0) is 56.1 Å². The van der Waals surface area contributed by atoms with Crippen molar-refractivity contribution in [2.45, 2.75) is 92.8 Å². The maximum atomic E-state index is 12.2. The van der Waals surface area contributed by atoms with E-state index < -0.39 is 68.8 Å². The third kappa shape index (κ3) is 10.2. The van der Waals surface area contributed by atoms with Crippen molar-refractivity contribution in [3.8, 4) is 0 Å². The molecule has 2 aliphatic rings. The molecule has 1 aliphatic carbocycles. The highest BCUT2D eigenvalue weighted by Gasteiger charge is 2.42. The molecular formula is C35H45NO14S4. The van der Waals surface area contributed by atoms with Crippen molar-refractivity contribution in [1.29, 1.82) is 0 Å². The van der Waals surface area contributed by atoms with E-state index in [9.17, 15) is 56.7 Å². The van der Waals surface area contributed by atoms with E-state index >= 15 is 0 Å². The molecule has 5 N–H and O–H groups in total. The number of carboxylic acid groups (broad SMARTS) is 1. The van der Waals surface area contributed by atoms with Crippen molar-refractivity contribution in [2.24, 2.45) is 0 Å². The van der Waals surface area contributed by atoms with Gasteiger partial charge in [0.25, 0.3) is 40.5 Å². The summed E-state index contributed by atoms with van der Waals surface area (Å²) in [4.78, 5) is 12.2. The van der Waals surface area contributed by atoms with Crippen LogP contribution in [0.4, 0.5) is 5.69 Å². The molecule has 0 spiro atoms. The molecule has 0 radical (unpaired) electrons. The summed E-state index contributed by atoms with van der Waals surface area (Å²) in [6.45, 7) is 5.59. The Kier molecular flexibility index (Phi) is 12.8. The SMILES string of the molecule is CC1(CCCCCC(=O)O)C(/C=C/C=C2\N(CCCS(=O)(=O)O)c3ccc(S(=O)(=O)O)cc3C2(C)C)=C(CCCS(=O)(=O)O)c2ccc(S(=O)(=O)O)cc21. The fraction of sp³-hybridized carbons (Fsp3) is 0.457. The zero-order valence-electron chi connectivity index (χ0n) is 30.0. The van der Waals surface area contributed by atoms with Crippen LogP contribution in [0.15, 0.2) is 75.7 Å². The summed E-state index contributed by atoms with van der Waals surface area (Å²) in [6.07, 6.45) is 7.21. The van der Waals surface area contributed by atoms with Crippen molar-refractivity contribution in [2.75, 3.05) is 23.0 Å². The van der Waals surface area contributed by atoms with E-state index in [1.807, 2.05) is 20.8 Å². The van der Waals surface area contributed by atoms with Crippen molar-refractivity contribution < 1.29 is 61.8 Å². The number of anilines is 1. The largest absolute Gasteiger partial charge is 0.481 e. The van der Waals surface area contributed by atoms with Gasteiger partial charge in [-0.3, -0.25) is 23.0 Å². The van der Waals surface area contributed by atoms with Crippen LogP contribution in [0.3, 0.4) is 0 Å². The van der Waals surface area contributed by atoms with Gasteiger partial charge in [0.05, 0.1) is 21.3 Å². The molecule has 2 aromatic carbocycles. The first-order chi connectivity index (χ1) is 24.8. The van der Waals surface area contributed by atoms with Crippen LogP contribution in [0, 0.1) is 0 Å². The minimum Gasteiger partial charge on any atom is -0.481 e. The molecule has 2 aromatic rings. The van der Waals surface area contributed by atoms with Gasteiger partial charge < -0.3 is 10.0 Å². The van der Waals surface area contributed by atoms with Crippen molar-refractivity contribution >= 4 is 57.7 Å². The smallest absolute Gasteiger partial charge is 0.303 e. The molecule has 15 nitrogen and oxygen atoms in total.